The van der Waals surface area contributed by atoms with Gasteiger partial charge >= 0.3 is 0 Å². The molecule has 0 aliphatic heterocycles. The van der Waals surface area contributed by atoms with E-state index >= 15 is 0 Å². The highest BCUT2D eigenvalue weighted by atomic mass is 14.9. The van der Waals surface area contributed by atoms with E-state index in [-0.39, 0.29) is 0 Å². The van der Waals surface area contributed by atoms with Gasteiger partial charge in [-0.25, -0.2) is 0 Å². The molecule has 2 aromatic carbocycles. The van der Waals surface area contributed by atoms with Crippen LogP contribution in [0.2, 0.25) is 0 Å². The van der Waals surface area contributed by atoms with E-state index in [9.17, 15) is 0 Å². The summed E-state index contributed by atoms with van der Waals surface area (Å²) in [5, 5.41) is 3.65. The van der Waals surface area contributed by atoms with Crippen LogP contribution in [0.1, 0.15) is 48.1 Å². The predicted molar refractivity (Wildman–Crippen MR) is 87.2 cm³/mol. The fraction of sp³-hybridized carbons (Fsp3) is 0.368. The van der Waals surface area contributed by atoms with E-state index < -0.39 is 0 Å². The van der Waals surface area contributed by atoms with Gasteiger partial charge in [-0.2, -0.15) is 0 Å². The highest BCUT2D eigenvalue weighted by molar-refractivity contribution is 5.30. The van der Waals surface area contributed by atoms with Crippen LogP contribution in [0.4, 0.5) is 0 Å². The monoisotopic (exact) mass is 267 g/mol. The van der Waals surface area contributed by atoms with E-state index in [2.05, 4.69) is 81.5 Å². The van der Waals surface area contributed by atoms with Crippen molar-refractivity contribution in [3.8, 4) is 0 Å². The van der Waals surface area contributed by atoms with Crippen LogP contribution in [-0.2, 0) is 0 Å². The molecule has 1 heteroatoms. The third kappa shape index (κ3) is 3.94. The standard InChI is InChI=1S/C19H25N/c1-14-10-15(2)12-19(11-14)17(4)20-13-16(3)18-8-6-5-7-9-18/h5-12,16-17,20H,13H2,1-4H3. The molecule has 106 valence electrons. The first-order valence-corrected chi connectivity index (χ1v) is 7.43. The van der Waals surface area contributed by atoms with Crippen LogP contribution in [0, 0.1) is 13.8 Å². The normalized spacial score (nSPS) is 14.0. The Labute approximate surface area is 123 Å². The van der Waals surface area contributed by atoms with Crippen LogP contribution < -0.4 is 5.32 Å². The molecule has 0 heterocycles. The van der Waals surface area contributed by atoms with Crippen LogP contribution in [0.15, 0.2) is 48.5 Å². The van der Waals surface area contributed by atoms with Crippen molar-refractivity contribution < 1.29 is 0 Å². The minimum absolute atomic E-state index is 0.389. The summed E-state index contributed by atoms with van der Waals surface area (Å²) in [6.07, 6.45) is 0. The molecule has 1 nitrogen and oxygen atoms in total. The second-order valence-corrected chi connectivity index (χ2v) is 5.86. The number of rotatable bonds is 5. The molecule has 0 saturated carbocycles. The Kier molecular flexibility index (Phi) is 4.97. The van der Waals surface area contributed by atoms with Gasteiger partial charge in [0.25, 0.3) is 0 Å². The van der Waals surface area contributed by atoms with Gasteiger partial charge in [-0.3, -0.25) is 0 Å². The number of nitrogens with one attached hydrogen (secondary N) is 1. The first-order chi connectivity index (χ1) is 9.56. The molecule has 2 aromatic rings. The fourth-order valence-electron chi connectivity index (χ4n) is 2.63. The molecule has 0 fully saturated rings. The van der Waals surface area contributed by atoms with Crippen LogP contribution in [0.5, 0.6) is 0 Å². The summed E-state index contributed by atoms with van der Waals surface area (Å²) >= 11 is 0. The van der Waals surface area contributed by atoms with E-state index in [1.54, 1.807) is 0 Å². The molecule has 20 heavy (non-hydrogen) atoms. The highest BCUT2D eigenvalue weighted by Crippen LogP contribution is 2.19. The van der Waals surface area contributed by atoms with Crippen molar-refractivity contribution >= 4 is 0 Å². The topological polar surface area (TPSA) is 12.0 Å². The summed E-state index contributed by atoms with van der Waals surface area (Å²) < 4.78 is 0. The van der Waals surface area contributed by atoms with Gasteiger partial charge in [0, 0.05) is 12.6 Å². The molecule has 0 amide bonds. The van der Waals surface area contributed by atoms with Crippen molar-refractivity contribution in [2.75, 3.05) is 6.54 Å². The van der Waals surface area contributed by atoms with Crippen molar-refractivity contribution in [1.29, 1.82) is 0 Å². The largest absolute Gasteiger partial charge is 0.310 e. The van der Waals surface area contributed by atoms with Gasteiger partial charge in [0.15, 0.2) is 0 Å². The van der Waals surface area contributed by atoms with Crippen LogP contribution in [-0.4, -0.2) is 6.54 Å². The van der Waals surface area contributed by atoms with Crippen molar-refractivity contribution in [2.45, 2.75) is 39.7 Å². The van der Waals surface area contributed by atoms with Crippen molar-refractivity contribution in [3.63, 3.8) is 0 Å². The number of aryl methyl sites for hydroxylation is 2. The van der Waals surface area contributed by atoms with E-state index in [4.69, 9.17) is 0 Å². The Morgan fingerprint density at radius 3 is 2.05 bits per heavy atom. The lowest BCUT2D eigenvalue weighted by Gasteiger charge is -2.19. The fourth-order valence-corrected chi connectivity index (χ4v) is 2.63. The van der Waals surface area contributed by atoms with E-state index in [1.165, 1.54) is 22.3 Å². The minimum Gasteiger partial charge on any atom is -0.310 e. The first-order valence-electron chi connectivity index (χ1n) is 7.43. The zero-order valence-corrected chi connectivity index (χ0v) is 13.0. The lowest BCUT2D eigenvalue weighted by Crippen LogP contribution is -2.23. The first kappa shape index (κ1) is 14.8. The average Bonchev–Trinajstić information content (AvgIpc) is 2.44. The molecule has 0 bridgehead atoms. The van der Waals surface area contributed by atoms with Crippen molar-refractivity contribution in [3.05, 3.63) is 70.8 Å². The lowest BCUT2D eigenvalue weighted by atomic mass is 9.99. The van der Waals surface area contributed by atoms with Gasteiger partial charge < -0.3 is 5.32 Å². The SMILES string of the molecule is Cc1cc(C)cc(C(C)NCC(C)c2ccccc2)c1. The molecule has 2 rings (SSSR count). The number of benzene rings is 2. The summed E-state index contributed by atoms with van der Waals surface area (Å²) in [5.74, 6) is 0.532. The van der Waals surface area contributed by atoms with Gasteiger partial charge in [-0.05, 0) is 37.8 Å². The Morgan fingerprint density at radius 1 is 0.850 bits per heavy atom. The summed E-state index contributed by atoms with van der Waals surface area (Å²) in [7, 11) is 0. The quantitative estimate of drug-likeness (QED) is 0.823. The molecule has 0 aliphatic carbocycles. The van der Waals surface area contributed by atoms with E-state index in [0.717, 1.165) is 6.54 Å². The zero-order chi connectivity index (χ0) is 14.5. The van der Waals surface area contributed by atoms with Gasteiger partial charge in [-0.15, -0.1) is 0 Å². The maximum atomic E-state index is 3.65. The molecule has 2 atom stereocenters. The molecule has 0 spiro atoms. The second kappa shape index (κ2) is 6.71. The smallest absolute Gasteiger partial charge is 0.0292 e. The molecular weight excluding hydrogens is 242 g/mol. The summed E-state index contributed by atoms with van der Waals surface area (Å²) in [6.45, 7) is 9.84. The van der Waals surface area contributed by atoms with Crippen molar-refractivity contribution in [2.24, 2.45) is 0 Å². The van der Waals surface area contributed by atoms with E-state index in [0.29, 0.717) is 12.0 Å². The van der Waals surface area contributed by atoms with Gasteiger partial charge in [0.2, 0.25) is 0 Å². The van der Waals surface area contributed by atoms with Gasteiger partial charge in [-0.1, -0.05) is 66.6 Å². The summed E-state index contributed by atoms with van der Waals surface area (Å²) in [4.78, 5) is 0. The Morgan fingerprint density at radius 2 is 1.45 bits per heavy atom. The van der Waals surface area contributed by atoms with Gasteiger partial charge in [0.05, 0.1) is 0 Å². The van der Waals surface area contributed by atoms with Crippen LogP contribution in [0.3, 0.4) is 0 Å². The molecular formula is C19H25N. The molecule has 1 N–H and O–H groups in total. The molecule has 0 saturated heterocycles. The van der Waals surface area contributed by atoms with Crippen molar-refractivity contribution in [1.82, 2.24) is 5.32 Å². The third-order valence-corrected chi connectivity index (χ3v) is 3.84. The minimum atomic E-state index is 0.389. The molecule has 0 aliphatic rings. The van der Waals surface area contributed by atoms with Gasteiger partial charge in [0.1, 0.15) is 0 Å². The summed E-state index contributed by atoms with van der Waals surface area (Å²) in [6, 6.07) is 17.9. The average molecular weight is 267 g/mol. The summed E-state index contributed by atoms with van der Waals surface area (Å²) in [5.41, 5.74) is 5.45. The highest BCUT2D eigenvalue weighted by Gasteiger charge is 2.09. The predicted octanol–water partition coefficient (Wildman–Crippen LogP) is 4.76. The maximum absolute atomic E-state index is 3.65. The molecule has 0 aromatic heterocycles. The zero-order valence-electron chi connectivity index (χ0n) is 13.0. The molecule has 2 unspecified atom stereocenters. The van der Waals surface area contributed by atoms with Crippen LogP contribution >= 0.6 is 0 Å². The molecule has 0 radical (unpaired) electrons. The number of hydrogen-bond donors (Lipinski definition) is 1. The Bertz CT molecular complexity index is 525. The number of hydrogen-bond acceptors (Lipinski definition) is 1. The van der Waals surface area contributed by atoms with Crippen LogP contribution in [0.25, 0.3) is 0 Å². The second-order valence-electron chi connectivity index (χ2n) is 5.86. The Balaban J connectivity index is 1.96. The Hall–Kier alpha value is -1.60. The third-order valence-electron chi connectivity index (χ3n) is 3.84. The van der Waals surface area contributed by atoms with E-state index in [1.807, 2.05) is 0 Å². The maximum Gasteiger partial charge on any atom is 0.0292 e. The lowest BCUT2D eigenvalue weighted by molar-refractivity contribution is 0.537.